The molecule has 35 heavy (non-hydrogen) atoms. The first-order valence-electron chi connectivity index (χ1n) is 10.5. The third-order valence-electron chi connectivity index (χ3n) is 5.12. The van der Waals surface area contributed by atoms with Crippen LogP contribution in [0.5, 0.6) is 11.5 Å². The summed E-state index contributed by atoms with van der Waals surface area (Å²) >= 11 is 7.10. The molecule has 0 atom stereocenters. The maximum atomic E-state index is 12.5. The number of halogens is 1. The van der Waals surface area contributed by atoms with Gasteiger partial charge in [0.25, 0.3) is 5.91 Å². The molecule has 1 fully saturated rings. The highest BCUT2D eigenvalue weighted by Crippen LogP contribution is 2.33. The summed E-state index contributed by atoms with van der Waals surface area (Å²) in [5.41, 5.74) is 3.14. The van der Waals surface area contributed by atoms with Gasteiger partial charge in [-0.25, -0.2) is 9.79 Å². The van der Waals surface area contributed by atoms with Crippen molar-refractivity contribution >= 4 is 52.2 Å². The number of nitrogens with one attached hydrogen (secondary N) is 1. The van der Waals surface area contributed by atoms with Crippen LogP contribution in [0.3, 0.4) is 0 Å². The van der Waals surface area contributed by atoms with E-state index >= 15 is 0 Å². The monoisotopic (exact) mass is 508 g/mol. The zero-order valence-electron chi connectivity index (χ0n) is 18.9. The van der Waals surface area contributed by atoms with Crippen molar-refractivity contribution in [2.45, 2.75) is 13.5 Å². The fourth-order valence-corrected chi connectivity index (χ4v) is 4.20. The minimum absolute atomic E-state index is 0.130. The Kier molecular flexibility index (Phi) is 7.43. The number of carbonyl (C=O) groups excluding carboxylic acids is 1. The van der Waals surface area contributed by atoms with Crippen molar-refractivity contribution in [3.05, 3.63) is 92.8 Å². The molecule has 0 spiro atoms. The lowest BCUT2D eigenvalue weighted by molar-refractivity contribution is -0.115. The Bertz CT molecular complexity index is 1350. The number of amides is 1. The standard InChI is InChI=1S/C26H21ClN2O5S/c1-15-3-7-18(25(31)32)13-20(15)28-26-29-24(30)23(35-26)12-17-6-10-21(22(11-17)33-2)34-14-16-4-8-19(27)9-5-16/h3-13H,14H2,1-2H3,(H,31,32)(H,28,29,30). The van der Waals surface area contributed by atoms with E-state index in [9.17, 15) is 14.7 Å². The number of carboxylic acids is 1. The number of ether oxygens (including phenoxy) is 2. The van der Waals surface area contributed by atoms with Crippen molar-refractivity contribution in [1.82, 2.24) is 5.32 Å². The number of benzene rings is 3. The third-order valence-corrected chi connectivity index (χ3v) is 6.28. The van der Waals surface area contributed by atoms with Gasteiger partial charge in [0.2, 0.25) is 0 Å². The number of aryl methyl sites for hydroxylation is 1. The van der Waals surface area contributed by atoms with E-state index in [1.165, 1.54) is 23.9 Å². The predicted octanol–water partition coefficient (Wildman–Crippen LogP) is 5.83. The molecule has 0 unspecified atom stereocenters. The fourth-order valence-electron chi connectivity index (χ4n) is 3.24. The quantitative estimate of drug-likeness (QED) is 0.390. The van der Waals surface area contributed by atoms with Gasteiger partial charge in [0, 0.05) is 5.02 Å². The zero-order chi connectivity index (χ0) is 24.9. The maximum Gasteiger partial charge on any atom is 0.335 e. The lowest BCUT2D eigenvalue weighted by atomic mass is 10.1. The van der Waals surface area contributed by atoms with Crippen LogP contribution in [0.1, 0.15) is 27.0 Å². The van der Waals surface area contributed by atoms with Crippen molar-refractivity contribution in [2.75, 3.05) is 7.11 Å². The topological polar surface area (TPSA) is 97.2 Å². The van der Waals surface area contributed by atoms with E-state index in [2.05, 4.69) is 10.3 Å². The molecule has 0 aliphatic carbocycles. The van der Waals surface area contributed by atoms with Crippen LogP contribution < -0.4 is 14.8 Å². The van der Waals surface area contributed by atoms with Crippen LogP contribution >= 0.6 is 23.4 Å². The molecule has 3 aromatic carbocycles. The molecule has 0 saturated carbocycles. The molecule has 1 heterocycles. The van der Waals surface area contributed by atoms with E-state index < -0.39 is 5.97 Å². The number of amidine groups is 1. The first-order chi connectivity index (χ1) is 16.8. The average Bonchev–Trinajstić information content (AvgIpc) is 3.18. The molecule has 178 valence electrons. The highest BCUT2D eigenvalue weighted by Gasteiger charge is 2.24. The molecule has 0 bridgehead atoms. The van der Waals surface area contributed by atoms with Crippen molar-refractivity contribution < 1.29 is 24.2 Å². The van der Waals surface area contributed by atoms with Crippen LogP contribution in [0.15, 0.2) is 70.6 Å². The normalized spacial score (nSPS) is 15.3. The van der Waals surface area contributed by atoms with Gasteiger partial charge in [0.15, 0.2) is 16.7 Å². The number of methoxy groups -OCH3 is 1. The Balaban J connectivity index is 1.51. The summed E-state index contributed by atoms with van der Waals surface area (Å²) in [6, 6.07) is 17.5. The van der Waals surface area contributed by atoms with Crippen molar-refractivity contribution in [3.63, 3.8) is 0 Å². The number of hydrogen-bond acceptors (Lipinski definition) is 6. The van der Waals surface area contributed by atoms with E-state index in [1.54, 1.807) is 43.5 Å². The number of hydrogen-bond donors (Lipinski definition) is 2. The van der Waals surface area contributed by atoms with E-state index in [4.69, 9.17) is 21.1 Å². The van der Waals surface area contributed by atoms with Crippen molar-refractivity contribution in [2.24, 2.45) is 4.99 Å². The van der Waals surface area contributed by atoms with Crippen LogP contribution in [0, 0.1) is 6.92 Å². The third kappa shape index (κ3) is 6.03. The molecular formula is C26H21ClN2O5S. The molecule has 0 aromatic heterocycles. The summed E-state index contributed by atoms with van der Waals surface area (Å²) in [5.74, 6) is -0.219. The Morgan fingerprint density at radius 3 is 2.60 bits per heavy atom. The van der Waals surface area contributed by atoms with E-state index in [0.717, 1.165) is 16.7 Å². The largest absolute Gasteiger partial charge is 0.493 e. The summed E-state index contributed by atoms with van der Waals surface area (Å²) in [6.07, 6.45) is 1.73. The number of carboxylic acid groups (broad SMARTS) is 1. The summed E-state index contributed by atoms with van der Waals surface area (Å²) < 4.78 is 11.4. The molecule has 3 aromatic rings. The van der Waals surface area contributed by atoms with Gasteiger partial charge in [-0.05, 0) is 77.9 Å². The highest BCUT2D eigenvalue weighted by atomic mass is 35.5. The summed E-state index contributed by atoms with van der Waals surface area (Å²) in [7, 11) is 1.55. The van der Waals surface area contributed by atoms with Crippen LogP contribution in [0.25, 0.3) is 6.08 Å². The van der Waals surface area contributed by atoms with Gasteiger partial charge in [-0.1, -0.05) is 35.9 Å². The summed E-state index contributed by atoms with van der Waals surface area (Å²) in [4.78, 5) is 28.6. The van der Waals surface area contributed by atoms with E-state index in [1.807, 2.05) is 25.1 Å². The second kappa shape index (κ2) is 10.7. The van der Waals surface area contributed by atoms with Gasteiger partial charge in [0.1, 0.15) is 6.61 Å². The molecule has 1 amide bonds. The van der Waals surface area contributed by atoms with Crippen LogP contribution in [0.2, 0.25) is 5.02 Å². The minimum Gasteiger partial charge on any atom is -0.493 e. The Morgan fingerprint density at radius 2 is 1.89 bits per heavy atom. The molecule has 1 saturated heterocycles. The van der Waals surface area contributed by atoms with Crippen molar-refractivity contribution in [3.8, 4) is 11.5 Å². The second-order valence-electron chi connectivity index (χ2n) is 7.61. The number of thioether (sulfide) groups is 1. The first-order valence-corrected chi connectivity index (χ1v) is 11.7. The Morgan fingerprint density at radius 1 is 1.11 bits per heavy atom. The lowest BCUT2D eigenvalue weighted by Gasteiger charge is -2.11. The van der Waals surface area contributed by atoms with Gasteiger partial charge >= 0.3 is 5.97 Å². The number of carbonyl (C=O) groups is 2. The Labute approximate surface area is 211 Å². The van der Waals surface area contributed by atoms with Gasteiger partial charge in [-0.2, -0.15) is 0 Å². The Hall–Kier alpha value is -3.75. The molecule has 0 radical (unpaired) electrons. The molecular weight excluding hydrogens is 488 g/mol. The van der Waals surface area contributed by atoms with Gasteiger partial charge in [-0.15, -0.1) is 0 Å². The van der Waals surface area contributed by atoms with Gasteiger partial charge in [-0.3, -0.25) is 4.79 Å². The lowest BCUT2D eigenvalue weighted by Crippen LogP contribution is -2.19. The minimum atomic E-state index is -1.04. The van der Waals surface area contributed by atoms with Crippen LogP contribution in [0.4, 0.5) is 5.69 Å². The molecule has 9 heteroatoms. The van der Waals surface area contributed by atoms with Crippen LogP contribution in [-0.4, -0.2) is 29.3 Å². The average molecular weight is 509 g/mol. The number of aliphatic imine (C=N–C) groups is 1. The van der Waals surface area contributed by atoms with Gasteiger partial charge in [0.05, 0.1) is 23.3 Å². The SMILES string of the molecule is COc1cc(C=C2SC(=Nc3cc(C(=O)O)ccc3C)NC2=O)ccc1OCc1ccc(Cl)cc1. The van der Waals surface area contributed by atoms with Crippen molar-refractivity contribution in [1.29, 1.82) is 0 Å². The highest BCUT2D eigenvalue weighted by molar-refractivity contribution is 8.18. The molecule has 1 aliphatic rings. The number of rotatable bonds is 7. The molecule has 4 rings (SSSR count). The molecule has 1 aliphatic heterocycles. The summed E-state index contributed by atoms with van der Waals surface area (Å²) in [5, 5.41) is 13.0. The predicted molar refractivity (Wildman–Crippen MR) is 138 cm³/mol. The second-order valence-corrected chi connectivity index (χ2v) is 9.08. The smallest absolute Gasteiger partial charge is 0.335 e. The zero-order valence-corrected chi connectivity index (χ0v) is 20.4. The molecule has 2 N–H and O–H groups in total. The van der Waals surface area contributed by atoms with E-state index in [-0.39, 0.29) is 11.5 Å². The number of nitrogens with zero attached hydrogens (tertiary/aromatic N) is 1. The summed E-state index contributed by atoms with van der Waals surface area (Å²) in [6.45, 7) is 2.18. The number of aromatic carboxylic acids is 1. The fraction of sp³-hybridized carbons (Fsp3) is 0.115. The van der Waals surface area contributed by atoms with Gasteiger partial charge < -0.3 is 19.9 Å². The maximum absolute atomic E-state index is 12.5. The first kappa shape index (κ1) is 24.4. The van der Waals surface area contributed by atoms with E-state index in [0.29, 0.717) is 38.9 Å². The molecule has 7 nitrogen and oxygen atoms in total. The van der Waals surface area contributed by atoms with Crippen LogP contribution in [-0.2, 0) is 11.4 Å².